The third-order valence-corrected chi connectivity index (χ3v) is 4.66. The Kier molecular flexibility index (Phi) is 4.46. The molecule has 0 aliphatic carbocycles. The van der Waals surface area contributed by atoms with Gasteiger partial charge in [-0.25, -0.2) is 9.78 Å². The summed E-state index contributed by atoms with van der Waals surface area (Å²) in [7, 11) is 0. The van der Waals surface area contributed by atoms with E-state index in [1.165, 1.54) is 0 Å². The molecule has 0 saturated carbocycles. The molecule has 21 heavy (non-hydrogen) atoms. The minimum absolute atomic E-state index is 0.0793. The maximum Gasteiger partial charge on any atom is 0.393 e. The zero-order chi connectivity index (χ0) is 15.8. The lowest BCUT2D eigenvalue weighted by atomic mass is 9.98. The summed E-state index contributed by atoms with van der Waals surface area (Å²) in [5.41, 5.74) is 0.441. The molecule has 1 aliphatic rings. The van der Waals surface area contributed by atoms with Crippen LogP contribution in [0.3, 0.4) is 0 Å². The predicted octanol–water partition coefficient (Wildman–Crippen LogP) is 3.74. The van der Waals surface area contributed by atoms with Crippen molar-refractivity contribution in [2.24, 2.45) is 5.92 Å². The van der Waals surface area contributed by atoms with Gasteiger partial charge in [-0.2, -0.15) is 13.2 Å². The van der Waals surface area contributed by atoms with Crippen molar-refractivity contribution in [2.75, 3.05) is 18.0 Å². The molecule has 0 amide bonds. The Bertz CT molecular complexity index is 528. The Morgan fingerprint density at radius 1 is 1.48 bits per heavy atom. The molecule has 1 atom stereocenters. The predicted molar refractivity (Wildman–Crippen MR) is 74.2 cm³/mol. The van der Waals surface area contributed by atoms with Gasteiger partial charge in [-0.05, 0) is 18.8 Å². The van der Waals surface area contributed by atoms with Gasteiger partial charge in [0, 0.05) is 13.1 Å². The number of piperidine rings is 1. The molecule has 0 spiro atoms. The van der Waals surface area contributed by atoms with E-state index >= 15 is 0 Å². The van der Waals surface area contributed by atoms with E-state index in [1.807, 2.05) is 13.8 Å². The third-order valence-electron chi connectivity index (χ3n) is 3.54. The number of aromatic carboxylic acids is 1. The third kappa shape index (κ3) is 3.48. The van der Waals surface area contributed by atoms with Crippen molar-refractivity contribution in [3.05, 3.63) is 10.6 Å². The van der Waals surface area contributed by atoms with Crippen LogP contribution >= 0.6 is 11.3 Å². The highest BCUT2D eigenvalue weighted by molar-refractivity contribution is 7.17. The van der Waals surface area contributed by atoms with E-state index in [9.17, 15) is 23.1 Å². The zero-order valence-corrected chi connectivity index (χ0v) is 12.6. The number of alkyl halides is 3. The van der Waals surface area contributed by atoms with Crippen molar-refractivity contribution in [1.29, 1.82) is 0 Å². The van der Waals surface area contributed by atoms with Gasteiger partial charge in [0.2, 0.25) is 0 Å². The minimum Gasteiger partial charge on any atom is -0.477 e. The van der Waals surface area contributed by atoms with E-state index in [2.05, 4.69) is 4.98 Å². The van der Waals surface area contributed by atoms with Crippen LogP contribution in [0.4, 0.5) is 18.3 Å². The zero-order valence-electron chi connectivity index (χ0n) is 11.8. The number of anilines is 1. The molecular weight excluding hydrogens is 305 g/mol. The largest absolute Gasteiger partial charge is 0.477 e. The van der Waals surface area contributed by atoms with Crippen LogP contribution in [0.5, 0.6) is 0 Å². The van der Waals surface area contributed by atoms with E-state index in [-0.39, 0.29) is 23.8 Å². The number of hydrogen-bond acceptors (Lipinski definition) is 4. The number of nitrogens with zero attached hydrogens (tertiary/aromatic N) is 2. The van der Waals surface area contributed by atoms with E-state index in [1.54, 1.807) is 4.90 Å². The first-order valence-electron chi connectivity index (χ1n) is 6.75. The second-order valence-corrected chi connectivity index (χ2v) is 6.47. The fourth-order valence-corrected chi connectivity index (χ4v) is 3.51. The number of rotatable bonds is 3. The molecule has 8 heteroatoms. The summed E-state index contributed by atoms with van der Waals surface area (Å²) in [5.74, 6) is -2.53. The van der Waals surface area contributed by atoms with E-state index < -0.39 is 18.1 Å². The van der Waals surface area contributed by atoms with Gasteiger partial charge in [-0.3, -0.25) is 0 Å². The van der Waals surface area contributed by atoms with E-state index in [4.69, 9.17) is 0 Å². The van der Waals surface area contributed by atoms with E-state index in [0.29, 0.717) is 23.8 Å². The Morgan fingerprint density at radius 2 is 2.14 bits per heavy atom. The van der Waals surface area contributed by atoms with Crippen LogP contribution in [0.15, 0.2) is 0 Å². The van der Waals surface area contributed by atoms with Crippen LogP contribution in [0.1, 0.15) is 48.0 Å². The summed E-state index contributed by atoms with van der Waals surface area (Å²) in [6, 6.07) is 0. The van der Waals surface area contributed by atoms with Crippen molar-refractivity contribution in [3.63, 3.8) is 0 Å². The highest BCUT2D eigenvalue weighted by Gasteiger charge is 2.42. The van der Waals surface area contributed by atoms with Crippen molar-refractivity contribution in [1.82, 2.24) is 4.98 Å². The van der Waals surface area contributed by atoms with Crippen molar-refractivity contribution in [2.45, 2.75) is 38.8 Å². The van der Waals surface area contributed by atoms with Gasteiger partial charge in [-0.15, -0.1) is 0 Å². The Balaban J connectivity index is 2.25. The van der Waals surface area contributed by atoms with Gasteiger partial charge < -0.3 is 10.0 Å². The van der Waals surface area contributed by atoms with Crippen molar-refractivity contribution >= 4 is 22.4 Å². The second-order valence-electron chi connectivity index (χ2n) is 5.50. The van der Waals surface area contributed by atoms with Crippen molar-refractivity contribution < 1.29 is 23.1 Å². The highest BCUT2D eigenvalue weighted by atomic mass is 32.1. The lowest BCUT2D eigenvalue weighted by Crippen LogP contribution is -2.41. The van der Waals surface area contributed by atoms with Gasteiger partial charge in [0.1, 0.15) is 4.88 Å². The van der Waals surface area contributed by atoms with Crippen LogP contribution in [-0.2, 0) is 0 Å². The lowest BCUT2D eigenvalue weighted by molar-refractivity contribution is -0.175. The normalized spacial score (nSPS) is 20.1. The van der Waals surface area contributed by atoms with Gasteiger partial charge in [0.05, 0.1) is 11.6 Å². The number of carboxylic acids is 1. The molecule has 0 bridgehead atoms. The van der Waals surface area contributed by atoms with Gasteiger partial charge >= 0.3 is 12.1 Å². The molecule has 2 heterocycles. The summed E-state index contributed by atoms with van der Waals surface area (Å²) in [4.78, 5) is 17.2. The molecule has 1 saturated heterocycles. The molecule has 1 aromatic heterocycles. The van der Waals surface area contributed by atoms with Crippen LogP contribution in [-0.4, -0.2) is 35.3 Å². The Labute approximate surface area is 124 Å². The van der Waals surface area contributed by atoms with Gasteiger partial charge in [0.25, 0.3) is 0 Å². The monoisotopic (exact) mass is 322 g/mol. The number of hydrogen-bond donors (Lipinski definition) is 1. The topological polar surface area (TPSA) is 53.4 Å². The van der Waals surface area contributed by atoms with Crippen LogP contribution in [0, 0.1) is 5.92 Å². The molecule has 1 N–H and O–H groups in total. The molecule has 2 rings (SSSR count). The number of carbonyl (C=O) groups is 1. The van der Waals surface area contributed by atoms with E-state index in [0.717, 1.165) is 11.3 Å². The SMILES string of the molecule is CC(C)c1nc(N2CCCC(C(F)(F)F)C2)sc1C(=O)O. The quantitative estimate of drug-likeness (QED) is 0.921. The second kappa shape index (κ2) is 5.82. The summed E-state index contributed by atoms with van der Waals surface area (Å²) in [6.45, 7) is 3.98. The Hall–Kier alpha value is -1.31. The Morgan fingerprint density at radius 3 is 2.62 bits per heavy atom. The van der Waals surface area contributed by atoms with Gasteiger partial charge in [-0.1, -0.05) is 25.2 Å². The van der Waals surface area contributed by atoms with Crippen LogP contribution in [0.25, 0.3) is 0 Å². The maximum absolute atomic E-state index is 12.8. The fourth-order valence-electron chi connectivity index (χ4n) is 2.42. The molecular formula is C13H17F3N2O2S. The van der Waals surface area contributed by atoms with Gasteiger partial charge in [0.15, 0.2) is 5.13 Å². The molecule has 1 fully saturated rings. The standard InChI is InChI=1S/C13H17F3N2O2S/c1-7(2)9-10(11(19)20)21-12(17-9)18-5-3-4-8(6-18)13(14,15)16/h7-8H,3-6H2,1-2H3,(H,19,20). The number of thiazole rings is 1. The molecule has 118 valence electrons. The maximum atomic E-state index is 12.8. The van der Waals surface area contributed by atoms with Crippen molar-refractivity contribution in [3.8, 4) is 0 Å². The smallest absolute Gasteiger partial charge is 0.393 e. The average molecular weight is 322 g/mol. The molecule has 1 aromatic rings. The molecule has 1 unspecified atom stereocenters. The number of aromatic nitrogens is 1. The summed E-state index contributed by atoms with van der Waals surface area (Å²) in [5, 5.41) is 9.56. The molecule has 0 aromatic carbocycles. The highest BCUT2D eigenvalue weighted by Crippen LogP contribution is 2.37. The molecule has 4 nitrogen and oxygen atoms in total. The molecule has 0 radical (unpaired) electrons. The number of halogens is 3. The first-order chi connectivity index (χ1) is 9.70. The molecule has 1 aliphatic heterocycles. The fraction of sp³-hybridized carbons (Fsp3) is 0.692. The summed E-state index contributed by atoms with van der Waals surface area (Å²) in [6.07, 6.45) is -3.66. The first-order valence-corrected chi connectivity index (χ1v) is 7.57. The van der Waals surface area contributed by atoms with Crippen LogP contribution < -0.4 is 4.90 Å². The average Bonchev–Trinajstić information content (AvgIpc) is 2.83. The number of carboxylic acid groups (broad SMARTS) is 1. The van der Waals surface area contributed by atoms with Crippen LogP contribution in [0.2, 0.25) is 0 Å². The lowest BCUT2D eigenvalue weighted by Gasteiger charge is -2.33. The summed E-state index contributed by atoms with van der Waals surface area (Å²) >= 11 is 0.963. The summed E-state index contributed by atoms with van der Waals surface area (Å²) < 4.78 is 38.5. The minimum atomic E-state index is -4.22. The first kappa shape index (κ1) is 16.1.